The van der Waals surface area contributed by atoms with Gasteiger partial charge in [-0.05, 0) is 69.0 Å². The first-order valence-electron chi connectivity index (χ1n) is 9.96. The van der Waals surface area contributed by atoms with E-state index in [4.69, 9.17) is 12.2 Å². The molecular formula is C19H33N3OS. The summed E-state index contributed by atoms with van der Waals surface area (Å²) in [7, 11) is 0. The second-order valence-electron chi connectivity index (χ2n) is 8.01. The molecule has 2 saturated carbocycles. The molecule has 0 aromatic heterocycles. The zero-order chi connectivity index (χ0) is 17.1. The van der Waals surface area contributed by atoms with E-state index in [-0.39, 0.29) is 5.92 Å². The van der Waals surface area contributed by atoms with Gasteiger partial charge in [0.2, 0.25) is 5.91 Å². The van der Waals surface area contributed by atoms with Crippen LogP contribution < -0.4 is 10.6 Å². The lowest BCUT2D eigenvalue weighted by molar-refractivity contribution is -0.136. The Kier molecular flexibility index (Phi) is 6.01. The molecule has 2 bridgehead atoms. The number of nitrogens with one attached hydrogen (secondary N) is 2. The molecule has 1 aliphatic heterocycles. The number of thiocarbonyl (C=S) groups is 1. The van der Waals surface area contributed by atoms with E-state index in [1.165, 1.54) is 25.7 Å². The van der Waals surface area contributed by atoms with Crippen molar-refractivity contribution < 1.29 is 4.79 Å². The number of hydrogen-bond donors (Lipinski definition) is 2. The highest BCUT2D eigenvalue weighted by atomic mass is 32.1. The third-order valence-corrected chi connectivity index (χ3v) is 6.77. The molecule has 2 N–H and O–H groups in total. The molecule has 136 valence electrons. The van der Waals surface area contributed by atoms with Gasteiger partial charge in [0.05, 0.1) is 0 Å². The van der Waals surface area contributed by atoms with Crippen LogP contribution in [0.25, 0.3) is 0 Å². The highest BCUT2D eigenvalue weighted by Crippen LogP contribution is 2.44. The lowest BCUT2D eigenvalue weighted by Gasteiger charge is -2.35. The Morgan fingerprint density at radius 2 is 1.79 bits per heavy atom. The van der Waals surface area contributed by atoms with Gasteiger partial charge >= 0.3 is 0 Å². The average Bonchev–Trinajstić information content (AvgIpc) is 3.19. The molecule has 3 rings (SSSR count). The summed E-state index contributed by atoms with van der Waals surface area (Å²) in [5, 5.41) is 7.90. The minimum Gasteiger partial charge on any atom is -0.360 e. The molecule has 3 unspecified atom stereocenters. The number of carbonyl (C=O) groups is 1. The minimum absolute atomic E-state index is 0.204. The van der Waals surface area contributed by atoms with E-state index < -0.39 is 0 Å². The van der Waals surface area contributed by atoms with Crippen molar-refractivity contribution in [3.05, 3.63) is 0 Å². The van der Waals surface area contributed by atoms with Crippen LogP contribution in [-0.2, 0) is 4.79 Å². The van der Waals surface area contributed by atoms with E-state index in [0.717, 1.165) is 55.7 Å². The molecule has 0 aromatic rings. The Morgan fingerprint density at radius 3 is 2.33 bits per heavy atom. The van der Waals surface area contributed by atoms with Crippen molar-refractivity contribution in [1.29, 1.82) is 0 Å². The van der Waals surface area contributed by atoms with Crippen LogP contribution in [0.15, 0.2) is 0 Å². The van der Waals surface area contributed by atoms with E-state index in [9.17, 15) is 4.79 Å². The fourth-order valence-electron chi connectivity index (χ4n) is 4.96. The second kappa shape index (κ2) is 8.03. The Bertz CT molecular complexity index is 458. The summed E-state index contributed by atoms with van der Waals surface area (Å²) in [5.74, 6) is 2.33. The van der Waals surface area contributed by atoms with Crippen LogP contribution in [0.2, 0.25) is 0 Å². The van der Waals surface area contributed by atoms with Crippen LogP contribution in [0.3, 0.4) is 0 Å². The van der Waals surface area contributed by atoms with Gasteiger partial charge in [-0.25, -0.2) is 0 Å². The normalized spacial score (nSPS) is 30.0. The summed E-state index contributed by atoms with van der Waals surface area (Å²) in [6, 6.07) is 1.01. The van der Waals surface area contributed by atoms with Crippen molar-refractivity contribution in [3.8, 4) is 0 Å². The van der Waals surface area contributed by atoms with Gasteiger partial charge in [-0.1, -0.05) is 20.3 Å². The lowest BCUT2D eigenvalue weighted by Crippen LogP contribution is -2.52. The van der Waals surface area contributed by atoms with E-state index in [1.54, 1.807) is 0 Å². The molecule has 3 atom stereocenters. The fraction of sp³-hybridized carbons (Fsp3) is 0.895. The summed E-state index contributed by atoms with van der Waals surface area (Å²) in [5.41, 5.74) is 0. The summed E-state index contributed by atoms with van der Waals surface area (Å²) in [6.07, 6.45) is 9.41. The van der Waals surface area contributed by atoms with Crippen molar-refractivity contribution >= 4 is 23.2 Å². The van der Waals surface area contributed by atoms with Gasteiger partial charge in [-0.2, -0.15) is 0 Å². The van der Waals surface area contributed by atoms with Crippen molar-refractivity contribution in [1.82, 2.24) is 15.5 Å². The van der Waals surface area contributed by atoms with Gasteiger partial charge in [0.1, 0.15) is 0 Å². The molecule has 1 saturated heterocycles. The summed E-state index contributed by atoms with van der Waals surface area (Å²) < 4.78 is 0. The molecule has 0 spiro atoms. The fourth-order valence-corrected chi connectivity index (χ4v) is 5.28. The number of fused-ring (bicyclic) bond motifs is 2. The minimum atomic E-state index is 0.204. The van der Waals surface area contributed by atoms with Crippen LogP contribution in [0.4, 0.5) is 0 Å². The van der Waals surface area contributed by atoms with Crippen LogP contribution in [-0.4, -0.2) is 41.1 Å². The molecule has 1 amide bonds. The number of likely N-dealkylation sites (tertiary alicyclic amines) is 1. The van der Waals surface area contributed by atoms with Crippen LogP contribution in [0.1, 0.15) is 65.2 Å². The third kappa shape index (κ3) is 4.04. The molecule has 5 heteroatoms. The number of amides is 1. The van der Waals surface area contributed by atoms with Crippen LogP contribution >= 0.6 is 12.2 Å². The standard InChI is InChI=1S/C19H33N3OS/c1-3-14(4-2)18(23)22-9-7-16(8-10-22)20-19(24)21-17-12-13-5-6-15(17)11-13/h13-17H,3-12H2,1-2H3,(H2,20,21,24). The van der Waals surface area contributed by atoms with E-state index in [1.807, 2.05) is 0 Å². The van der Waals surface area contributed by atoms with E-state index in [2.05, 4.69) is 29.4 Å². The van der Waals surface area contributed by atoms with Crippen molar-refractivity contribution in [2.75, 3.05) is 13.1 Å². The van der Waals surface area contributed by atoms with Crippen LogP contribution in [0, 0.1) is 17.8 Å². The number of piperidine rings is 1. The number of carbonyl (C=O) groups excluding carboxylic acids is 1. The van der Waals surface area contributed by atoms with Gasteiger partial charge < -0.3 is 15.5 Å². The highest BCUT2D eigenvalue weighted by Gasteiger charge is 2.39. The Labute approximate surface area is 152 Å². The van der Waals surface area contributed by atoms with Crippen LogP contribution in [0.5, 0.6) is 0 Å². The quantitative estimate of drug-likeness (QED) is 0.747. The SMILES string of the molecule is CCC(CC)C(=O)N1CCC(NC(=S)NC2CC3CCC2C3)CC1. The molecule has 2 aliphatic carbocycles. The monoisotopic (exact) mass is 351 g/mol. The average molecular weight is 352 g/mol. The number of rotatable bonds is 5. The topological polar surface area (TPSA) is 44.4 Å². The zero-order valence-electron chi connectivity index (χ0n) is 15.2. The molecular weight excluding hydrogens is 318 g/mol. The molecule has 24 heavy (non-hydrogen) atoms. The van der Waals surface area contributed by atoms with Gasteiger partial charge in [-0.15, -0.1) is 0 Å². The maximum Gasteiger partial charge on any atom is 0.225 e. The van der Waals surface area contributed by atoms with Gasteiger partial charge in [0.15, 0.2) is 5.11 Å². The summed E-state index contributed by atoms with van der Waals surface area (Å²) in [4.78, 5) is 14.5. The highest BCUT2D eigenvalue weighted by molar-refractivity contribution is 7.80. The lowest BCUT2D eigenvalue weighted by atomic mass is 9.95. The van der Waals surface area contributed by atoms with E-state index >= 15 is 0 Å². The molecule has 3 aliphatic rings. The third-order valence-electron chi connectivity index (χ3n) is 6.53. The predicted octanol–water partition coefficient (Wildman–Crippen LogP) is 3.07. The smallest absolute Gasteiger partial charge is 0.225 e. The molecule has 4 nitrogen and oxygen atoms in total. The van der Waals surface area contributed by atoms with Gasteiger partial charge in [-0.3, -0.25) is 4.79 Å². The first-order valence-corrected chi connectivity index (χ1v) is 10.4. The first kappa shape index (κ1) is 18.0. The Hall–Kier alpha value is -0.840. The Balaban J connectivity index is 1.39. The van der Waals surface area contributed by atoms with Gasteiger partial charge in [0, 0.05) is 31.1 Å². The molecule has 3 fully saturated rings. The van der Waals surface area contributed by atoms with Crippen molar-refractivity contribution in [3.63, 3.8) is 0 Å². The maximum atomic E-state index is 12.5. The molecule has 1 heterocycles. The van der Waals surface area contributed by atoms with Crippen molar-refractivity contribution in [2.45, 2.75) is 77.3 Å². The molecule has 0 aromatic carbocycles. The molecule has 0 radical (unpaired) electrons. The first-order chi connectivity index (χ1) is 11.6. The zero-order valence-corrected chi connectivity index (χ0v) is 16.0. The second-order valence-corrected chi connectivity index (χ2v) is 8.42. The van der Waals surface area contributed by atoms with E-state index in [0.29, 0.717) is 18.0 Å². The predicted molar refractivity (Wildman–Crippen MR) is 102 cm³/mol. The summed E-state index contributed by atoms with van der Waals surface area (Å²) >= 11 is 5.54. The maximum absolute atomic E-state index is 12.5. The summed E-state index contributed by atoms with van der Waals surface area (Å²) in [6.45, 7) is 5.95. The largest absolute Gasteiger partial charge is 0.360 e. The number of hydrogen-bond acceptors (Lipinski definition) is 2. The number of nitrogens with zero attached hydrogens (tertiary/aromatic N) is 1. The Morgan fingerprint density at radius 1 is 1.08 bits per heavy atom. The van der Waals surface area contributed by atoms with Gasteiger partial charge in [0.25, 0.3) is 0 Å². The van der Waals surface area contributed by atoms with Crippen molar-refractivity contribution in [2.24, 2.45) is 17.8 Å².